The fourth-order valence-electron chi connectivity index (χ4n) is 1.19. The van der Waals surface area contributed by atoms with Crippen LogP contribution in [0.3, 0.4) is 0 Å². The van der Waals surface area contributed by atoms with Crippen LogP contribution in [-0.4, -0.2) is 4.57 Å². The Hall–Kier alpha value is -1.09. The van der Waals surface area contributed by atoms with Crippen molar-refractivity contribution in [2.45, 2.75) is 0 Å². The number of nitrogens with zero attached hydrogens (tertiary/aromatic N) is 1. The summed E-state index contributed by atoms with van der Waals surface area (Å²) in [6, 6.07) is 8.49. The van der Waals surface area contributed by atoms with Gasteiger partial charge in [-0.2, -0.15) is 0 Å². The summed E-state index contributed by atoms with van der Waals surface area (Å²) in [6.45, 7) is 0. The zero-order chi connectivity index (χ0) is 9.26. The molecule has 1 nitrogen and oxygen atoms in total. The van der Waals surface area contributed by atoms with Crippen LogP contribution in [0.4, 0.5) is 4.39 Å². The minimum Gasteiger partial charge on any atom is -0.323 e. The fourth-order valence-corrected chi connectivity index (χ4v) is 1.74. The lowest BCUT2D eigenvalue weighted by Crippen LogP contribution is -1.91. The Balaban J connectivity index is 2.53. The monoisotopic (exact) mass is 239 g/mol. The molecule has 66 valence electrons. The van der Waals surface area contributed by atoms with Crippen LogP contribution in [0.5, 0.6) is 0 Å². The largest absolute Gasteiger partial charge is 0.323 e. The molecule has 0 amide bonds. The van der Waals surface area contributed by atoms with E-state index in [1.165, 1.54) is 12.1 Å². The van der Waals surface area contributed by atoms with Crippen LogP contribution < -0.4 is 0 Å². The van der Waals surface area contributed by atoms with Gasteiger partial charge in [0.25, 0.3) is 0 Å². The molecular weight excluding hydrogens is 233 g/mol. The quantitative estimate of drug-likeness (QED) is 0.720. The summed E-state index contributed by atoms with van der Waals surface area (Å²) in [5.41, 5.74) is 0.936. The molecule has 2 aromatic rings. The molecule has 1 aromatic heterocycles. The molecule has 0 bridgehead atoms. The Morgan fingerprint density at radius 3 is 2.46 bits per heavy atom. The second-order valence-electron chi connectivity index (χ2n) is 2.69. The van der Waals surface area contributed by atoms with Crippen molar-refractivity contribution in [1.29, 1.82) is 0 Å². The van der Waals surface area contributed by atoms with Crippen LogP contribution in [0.1, 0.15) is 0 Å². The molecule has 0 radical (unpaired) electrons. The number of halogens is 2. The van der Waals surface area contributed by atoms with Crippen LogP contribution >= 0.6 is 15.9 Å². The lowest BCUT2D eigenvalue weighted by Gasteiger charge is -2.04. The molecule has 0 N–H and O–H groups in total. The number of rotatable bonds is 1. The Labute approximate surface area is 83.9 Å². The third-order valence-electron chi connectivity index (χ3n) is 1.79. The van der Waals surface area contributed by atoms with E-state index in [0.717, 1.165) is 10.2 Å². The third kappa shape index (κ3) is 1.65. The molecule has 0 spiro atoms. The smallest absolute Gasteiger partial charge is 0.124 e. The van der Waals surface area contributed by atoms with Crippen LogP contribution in [0, 0.1) is 5.82 Å². The molecule has 0 fully saturated rings. The van der Waals surface area contributed by atoms with Gasteiger partial charge in [0.15, 0.2) is 0 Å². The molecule has 2 rings (SSSR count). The average Bonchev–Trinajstić information content (AvgIpc) is 2.56. The average molecular weight is 240 g/mol. The van der Waals surface area contributed by atoms with Crippen LogP contribution in [-0.2, 0) is 0 Å². The lowest BCUT2D eigenvalue weighted by molar-refractivity contribution is 0.626. The van der Waals surface area contributed by atoms with Gasteiger partial charge in [0, 0.05) is 16.9 Å². The zero-order valence-electron chi connectivity index (χ0n) is 6.74. The van der Waals surface area contributed by atoms with Crippen molar-refractivity contribution in [3.05, 3.63) is 53.0 Å². The number of hydrogen-bond acceptors (Lipinski definition) is 0. The summed E-state index contributed by atoms with van der Waals surface area (Å²) in [5, 5.41) is 0. The molecule has 1 heterocycles. The second-order valence-corrected chi connectivity index (χ2v) is 3.54. The highest BCUT2D eigenvalue weighted by molar-refractivity contribution is 9.10. The summed E-state index contributed by atoms with van der Waals surface area (Å²) < 4.78 is 15.4. The van der Waals surface area contributed by atoms with E-state index in [2.05, 4.69) is 15.9 Å². The molecule has 0 saturated heterocycles. The predicted molar refractivity (Wildman–Crippen MR) is 53.4 cm³/mol. The van der Waals surface area contributed by atoms with Gasteiger partial charge in [0.2, 0.25) is 0 Å². The highest BCUT2D eigenvalue weighted by atomic mass is 79.9. The molecular formula is C10H7BrFN. The van der Waals surface area contributed by atoms with Crippen molar-refractivity contribution in [1.82, 2.24) is 4.57 Å². The zero-order valence-corrected chi connectivity index (χ0v) is 8.33. The highest BCUT2D eigenvalue weighted by Gasteiger charge is 2.01. The Bertz CT molecular complexity index is 409. The van der Waals surface area contributed by atoms with E-state index in [9.17, 15) is 4.39 Å². The Morgan fingerprint density at radius 1 is 1.15 bits per heavy atom. The second kappa shape index (κ2) is 3.34. The highest BCUT2D eigenvalue weighted by Crippen LogP contribution is 2.21. The van der Waals surface area contributed by atoms with E-state index >= 15 is 0 Å². The predicted octanol–water partition coefficient (Wildman–Crippen LogP) is 3.38. The molecule has 0 saturated carbocycles. The number of hydrogen-bond donors (Lipinski definition) is 0. The van der Waals surface area contributed by atoms with Crippen molar-refractivity contribution in [2.75, 3.05) is 0 Å². The third-order valence-corrected chi connectivity index (χ3v) is 2.43. The molecule has 3 heteroatoms. The number of aromatic nitrogens is 1. The maximum atomic E-state index is 12.7. The standard InChI is InChI=1S/C10H7BrFN/c11-9-7-8(12)3-4-10(9)13-5-1-2-6-13/h1-7H. The molecule has 13 heavy (non-hydrogen) atoms. The maximum Gasteiger partial charge on any atom is 0.124 e. The van der Waals surface area contributed by atoms with Crippen LogP contribution in [0.15, 0.2) is 47.2 Å². The van der Waals surface area contributed by atoms with Gasteiger partial charge < -0.3 is 4.57 Å². The summed E-state index contributed by atoms with van der Waals surface area (Å²) in [7, 11) is 0. The van der Waals surface area contributed by atoms with Gasteiger partial charge in [-0.05, 0) is 46.3 Å². The Kier molecular flexibility index (Phi) is 2.19. The van der Waals surface area contributed by atoms with E-state index in [1.807, 2.05) is 29.1 Å². The summed E-state index contributed by atoms with van der Waals surface area (Å²) in [5.74, 6) is -0.234. The van der Waals surface area contributed by atoms with Crippen molar-refractivity contribution in [3.8, 4) is 5.69 Å². The summed E-state index contributed by atoms with van der Waals surface area (Å²) in [4.78, 5) is 0. The molecule has 0 aliphatic heterocycles. The maximum absolute atomic E-state index is 12.7. The SMILES string of the molecule is Fc1ccc(-n2cccc2)c(Br)c1. The van der Waals surface area contributed by atoms with E-state index in [1.54, 1.807) is 6.07 Å². The lowest BCUT2D eigenvalue weighted by atomic mass is 10.3. The van der Waals surface area contributed by atoms with E-state index < -0.39 is 0 Å². The van der Waals surface area contributed by atoms with Crippen molar-refractivity contribution < 1.29 is 4.39 Å². The fraction of sp³-hybridized carbons (Fsp3) is 0. The van der Waals surface area contributed by atoms with Gasteiger partial charge in [-0.15, -0.1) is 0 Å². The van der Waals surface area contributed by atoms with Crippen molar-refractivity contribution >= 4 is 15.9 Å². The molecule has 1 aromatic carbocycles. The first kappa shape index (κ1) is 8.51. The van der Waals surface area contributed by atoms with Crippen molar-refractivity contribution in [3.63, 3.8) is 0 Å². The van der Waals surface area contributed by atoms with Gasteiger partial charge >= 0.3 is 0 Å². The van der Waals surface area contributed by atoms with E-state index in [0.29, 0.717) is 0 Å². The van der Waals surface area contributed by atoms with E-state index in [-0.39, 0.29) is 5.82 Å². The topological polar surface area (TPSA) is 4.93 Å². The van der Waals surface area contributed by atoms with Gasteiger partial charge in [0.1, 0.15) is 5.82 Å². The van der Waals surface area contributed by atoms with Gasteiger partial charge in [0.05, 0.1) is 5.69 Å². The minimum atomic E-state index is -0.234. The van der Waals surface area contributed by atoms with Crippen LogP contribution in [0.25, 0.3) is 5.69 Å². The first-order valence-corrected chi connectivity index (χ1v) is 4.65. The van der Waals surface area contributed by atoms with Gasteiger partial charge in [-0.25, -0.2) is 4.39 Å². The normalized spacial score (nSPS) is 10.3. The van der Waals surface area contributed by atoms with Crippen LogP contribution in [0.2, 0.25) is 0 Å². The first-order valence-electron chi connectivity index (χ1n) is 3.86. The summed E-state index contributed by atoms with van der Waals surface area (Å²) >= 11 is 3.31. The van der Waals surface area contributed by atoms with Gasteiger partial charge in [-0.3, -0.25) is 0 Å². The van der Waals surface area contributed by atoms with Gasteiger partial charge in [-0.1, -0.05) is 0 Å². The Morgan fingerprint density at radius 2 is 1.85 bits per heavy atom. The van der Waals surface area contributed by atoms with E-state index in [4.69, 9.17) is 0 Å². The molecule has 0 aliphatic carbocycles. The summed E-state index contributed by atoms with van der Waals surface area (Å²) in [6.07, 6.45) is 3.83. The van der Waals surface area contributed by atoms with Crippen molar-refractivity contribution in [2.24, 2.45) is 0 Å². The molecule has 0 aliphatic rings. The minimum absolute atomic E-state index is 0.234. The molecule has 0 unspecified atom stereocenters. The first-order chi connectivity index (χ1) is 6.27. The number of benzene rings is 1. The molecule has 0 atom stereocenters.